The highest BCUT2D eigenvalue weighted by Gasteiger charge is 2.18. The zero-order valence-corrected chi connectivity index (χ0v) is 15.3. The Labute approximate surface area is 155 Å². The van der Waals surface area contributed by atoms with Crippen molar-refractivity contribution in [3.05, 3.63) is 58.9 Å². The fourth-order valence-corrected chi connectivity index (χ4v) is 3.39. The number of nitrogens with zero attached hydrogens (tertiary/aromatic N) is 2. The molecule has 2 rings (SSSR count). The lowest BCUT2D eigenvalue weighted by molar-refractivity contribution is 0.0798. The molecule has 0 atom stereocenters. The summed E-state index contributed by atoms with van der Waals surface area (Å²) in [5, 5.41) is 8.70. The number of hydrogen-bond acceptors (Lipinski definition) is 4. The number of hydrogen-bond donors (Lipinski definition) is 1. The van der Waals surface area contributed by atoms with Crippen molar-refractivity contribution in [3.8, 4) is 6.07 Å². The molecule has 2 aromatic rings. The van der Waals surface area contributed by atoms with Crippen molar-refractivity contribution < 1.29 is 17.6 Å². The van der Waals surface area contributed by atoms with Gasteiger partial charge in [0.1, 0.15) is 5.82 Å². The molecule has 0 heterocycles. The minimum Gasteiger partial charge on any atom is -0.341 e. The van der Waals surface area contributed by atoms with E-state index in [4.69, 9.17) is 16.9 Å². The van der Waals surface area contributed by atoms with E-state index in [-0.39, 0.29) is 40.0 Å². The number of halogens is 2. The van der Waals surface area contributed by atoms with Gasteiger partial charge in [-0.2, -0.15) is 5.26 Å². The van der Waals surface area contributed by atoms with Gasteiger partial charge in [-0.15, -0.1) is 0 Å². The molecule has 0 aliphatic rings. The highest BCUT2D eigenvalue weighted by Crippen LogP contribution is 2.26. The van der Waals surface area contributed by atoms with Gasteiger partial charge in [0, 0.05) is 19.2 Å². The maximum Gasteiger partial charge on any atom is 0.261 e. The van der Waals surface area contributed by atoms with E-state index in [1.54, 1.807) is 0 Å². The maximum absolute atomic E-state index is 13.0. The second kappa shape index (κ2) is 8.17. The molecular weight excluding hydrogens is 381 g/mol. The van der Waals surface area contributed by atoms with Crippen molar-refractivity contribution >= 4 is 33.2 Å². The van der Waals surface area contributed by atoms with Gasteiger partial charge in [0.2, 0.25) is 0 Å². The molecule has 0 aliphatic heterocycles. The third kappa shape index (κ3) is 4.71. The number of benzene rings is 2. The van der Waals surface area contributed by atoms with Gasteiger partial charge < -0.3 is 4.90 Å². The van der Waals surface area contributed by atoms with Crippen LogP contribution < -0.4 is 4.72 Å². The summed E-state index contributed by atoms with van der Waals surface area (Å²) in [5.74, 6) is -0.936. The molecule has 0 aromatic heterocycles. The van der Waals surface area contributed by atoms with Crippen LogP contribution in [0.3, 0.4) is 0 Å². The Morgan fingerprint density at radius 2 is 1.92 bits per heavy atom. The average Bonchev–Trinajstić information content (AvgIpc) is 2.61. The van der Waals surface area contributed by atoms with Gasteiger partial charge in [0.05, 0.1) is 28.1 Å². The zero-order chi connectivity index (χ0) is 19.3. The SMILES string of the molecule is CN(CCC#N)C(=O)c1ccc(Cl)c(NS(=O)(=O)c2ccc(F)cc2)c1. The van der Waals surface area contributed by atoms with E-state index in [1.165, 1.54) is 30.1 Å². The summed E-state index contributed by atoms with van der Waals surface area (Å²) in [6.45, 7) is 0.245. The molecule has 0 aliphatic carbocycles. The third-order valence-electron chi connectivity index (χ3n) is 3.49. The van der Waals surface area contributed by atoms with Gasteiger partial charge in [-0.25, -0.2) is 12.8 Å². The molecular formula is C17H15ClFN3O3S. The van der Waals surface area contributed by atoms with Crippen molar-refractivity contribution in [1.82, 2.24) is 4.90 Å². The summed E-state index contributed by atoms with van der Waals surface area (Å²) in [4.78, 5) is 13.6. The lowest BCUT2D eigenvalue weighted by Crippen LogP contribution is -2.27. The van der Waals surface area contributed by atoms with Crippen molar-refractivity contribution in [2.24, 2.45) is 0 Å². The molecule has 0 unspecified atom stereocenters. The lowest BCUT2D eigenvalue weighted by Gasteiger charge is -2.17. The Bertz CT molecular complexity index is 956. The number of anilines is 1. The first-order valence-electron chi connectivity index (χ1n) is 7.45. The van der Waals surface area contributed by atoms with Gasteiger partial charge in [0.25, 0.3) is 15.9 Å². The minimum atomic E-state index is -4.00. The van der Waals surface area contributed by atoms with Gasteiger partial charge in [-0.1, -0.05) is 11.6 Å². The molecule has 0 fully saturated rings. The summed E-state index contributed by atoms with van der Waals surface area (Å²) >= 11 is 6.03. The first kappa shape index (κ1) is 19.7. The number of carbonyl (C=O) groups is 1. The van der Waals surface area contributed by atoms with Crippen molar-refractivity contribution in [2.75, 3.05) is 18.3 Å². The number of nitriles is 1. The largest absolute Gasteiger partial charge is 0.341 e. The molecule has 1 N–H and O–H groups in total. The van der Waals surface area contributed by atoms with E-state index in [0.29, 0.717) is 0 Å². The summed E-state index contributed by atoms with van der Waals surface area (Å²) in [6, 6.07) is 10.4. The van der Waals surface area contributed by atoms with Crippen LogP contribution in [0.25, 0.3) is 0 Å². The molecule has 26 heavy (non-hydrogen) atoms. The van der Waals surface area contributed by atoms with Crippen LogP contribution in [-0.2, 0) is 10.0 Å². The molecule has 0 saturated carbocycles. The van der Waals surface area contributed by atoms with Crippen LogP contribution >= 0.6 is 11.6 Å². The van der Waals surface area contributed by atoms with E-state index in [0.717, 1.165) is 24.3 Å². The summed E-state index contributed by atoms with van der Waals surface area (Å²) in [6.07, 6.45) is 0.180. The molecule has 6 nitrogen and oxygen atoms in total. The van der Waals surface area contributed by atoms with Crippen molar-refractivity contribution in [3.63, 3.8) is 0 Å². The van der Waals surface area contributed by atoms with Crippen LogP contribution in [0.4, 0.5) is 10.1 Å². The summed E-state index contributed by atoms with van der Waals surface area (Å²) in [7, 11) is -2.46. The first-order valence-corrected chi connectivity index (χ1v) is 9.31. The summed E-state index contributed by atoms with van der Waals surface area (Å²) < 4.78 is 40.1. The van der Waals surface area contributed by atoms with E-state index < -0.39 is 15.8 Å². The van der Waals surface area contributed by atoms with Crippen LogP contribution in [0.15, 0.2) is 47.4 Å². The van der Waals surface area contributed by atoms with Gasteiger partial charge >= 0.3 is 0 Å². The topological polar surface area (TPSA) is 90.3 Å². The smallest absolute Gasteiger partial charge is 0.261 e. The summed E-state index contributed by atoms with van der Waals surface area (Å²) in [5.41, 5.74) is 0.238. The zero-order valence-electron chi connectivity index (χ0n) is 13.7. The molecule has 0 bridgehead atoms. The van der Waals surface area contributed by atoms with Crippen LogP contribution in [0.1, 0.15) is 16.8 Å². The monoisotopic (exact) mass is 395 g/mol. The second-order valence-electron chi connectivity index (χ2n) is 5.39. The van der Waals surface area contributed by atoms with Crippen LogP contribution in [0.5, 0.6) is 0 Å². The molecule has 0 spiro atoms. The molecule has 1 amide bonds. The lowest BCUT2D eigenvalue weighted by atomic mass is 10.2. The Balaban J connectivity index is 2.28. The Kier molecular flexibility index (Phi) is 6.18. The van der Waals surface area contributed by atoms with E-state index >= 15 is 0 Å². The van der Waals surface area contributed by atoms with Gasteiger partial charge in [0.15, 0.2) is 0 Å². The second-order valence-corrected chi connectivity index (χ2v) is 7.48. The number of nitrogens with one attached hydrogen (secondary N) is 1. The number of sulfonamides is 1. The Hall–Kier alpha value is -2.63. The van der Waals surface area contributed by atoms with Crippen LogP contribution in [0, 0.1) is 17.1 Å². The molecule has 136 valence electrons. The predicted molar refractivity (Wildman–Crippen MR) is 95.9 cm³/mol. The maximum atomic E-state index is 13.0. The Morgan fingerprint density at radius 1 is 1.27 bits per heavy atom. The fraction of sp³-hybridized carbons (Fsp3) is 0.176. The van der Waals surface area contributed by atoms with Crippen molar-refractivity contribution in [2.45, 2.75) is 11.3 Å². The third-order valence-corrected chi connectivity index (χ3v) is 5.20. The van der Waals surface area contributed by atoms with Gasteiger partial charge in [-0.3, -0.25) is 9.52 Å². The normalized spacial score (nSPS) is 10.8. The molecule has 0 radical (unpaired) electrons. The number of carbonyl (C=O) groups excluding carboxylic acids is 1. The Morgan fingerprint density at radius 3 is 2.54 bits per heavy atom. The molecule has 9 heteroatoms. The van der Waals surface area contributed by atoms with E-state index in [1.807, 2.05) is 6.07 Å². The molecule has 0 saturated heterocycles. The minimum absolute atomic E-state index is 0.0236. The van der Waals surface area contributed by atoms with E-state index in [2.05, 4.69) is 4.72 Å². The molecule has 2 aromatic carbocycles. The number of rotatable bonds is 6. The first-order chi connectivity index (χ1) is 12.2. The predicted octanol–water partition coefficient (Wildman–Crippen LogP) is 3.27. The highest BCUT2D eigenvalue weighted by molar-refractivity contribution is 7.92. The highest BCUT2D eigenvalue weighted by atomic mass is 35.5. The van der Waals surface area contributed by atoms with E-state index in [9.17, 15) is 17.6 Å². The van der Waals surface area contributed by atoms with Crippen LogP contribution in [-0.4, -0.2) is 32.8 Å². The van der Waals surface area contributed by atoms with Crippen molar-refractivity contribution in [1.29, 1.82) is 5.26 Å². The van der Waals surface area contributed by atoms with Crippen LogP contribution in [0.2, 0.25) is 5.02 Å². The fourth-order valence-electron chi connectivity index (χ4n) is 2.09. The van der Waals surface area contributed by atoms with Gasteiger partial charge in [-0.05, 0) is 42.5 Å². The number of amides is 1. The average molecular weight is 396 g/mol. The standard InChI is InChI=1S/C17H15ClFN3O3S/c1-22(10-2-9-20)17(23)12-3-8-15(18)16(11-12)21-26(24,25)14-6-4-13(19)5-7-14/h3-8,11,21H,2,10H2,1H3. The quantitative estimate of drug-likeness (QED) is 0.812.